The molecule has 3 unspecified atom stereocenters. The molecule has 3 heteroatoms. The van der Waals surface area contributed by atoms with Gasteiger partial charge in [-0.1, -0.05) is 0 Å². The van der Waals surface area contributed by atoms with E-state index in [4.69, 9.17) is 9.47 Å². The molecule has 0 amide bonds. The normalized spacial score (nSPS) is 42.8. The van der Waals surface area contributed by atoms with Crippen LogP contribution in [0.1, 0.15) is 32.1 Å². The molecule has 3 nitrogen and oxygen atoms in total. The second-order valence-electron chi connectivity index (χ2n) is 5.02. The first kappa shape index (κ1) is 10.1. The molecule has 3 fully saturated rings. The van der Waals surface area contributed by atoms with Crippen LogP contribution in [0.5, 0.6) is 0 Å². The molecule has 0 radical (unpaired) electrons. The number of fused-ring (bicyclic) bond motifs is 2. The molecule has 3 aliphatic heterocycles. The van der Waals surface area contributed by atoms with Gasteiger partial charge in [-0.25, -0.2) is 0 Å². The number of morpholine rings is 1. The Morgan fingerprint density at radius 1 is 0.933 bits per heavy atom. The molecule has 0 spiro atoms. The molecule has 0 aromatic heterocycles. The fourth-order valence-corrected chi connectivity index (χ4v) is 3.29. The Labute approximate surface area is 91.7 Å². The van der Waals surface area contributed by atoms with E-state index in [1.165, 1.54) is 32.1 Å². The fourth-order valence-electron chi connectivity index (χ4n) is 3.29. The first-order valence-corrected chi connectivity index (χ1v) is 6.41. The third-order valence-electron chi connectivity index (χ3n) is 4.11. The van der Waals surface area contributed by atoms with Crippen LogP contribution in [0.15, 0.2) is 0 Å². The van der Waals surface area contributed by atoms with Gasteiger partial charge in [-0.05, 0) is 32.1 Å². The van der Waals surface area contributed by atoms with Crippen molar-refractivity contribution >= 4 is 0 Å². The number of hydrogen-bond donors (Lipinski definition) is 0. The smallest absolute Gasteiger partial charge is 0.0734 e. The molecule has 3 saturated heterocycles. The molecule has 86 valence electrons. The van der Waals surface area contributed by atoms with E-state index in [1.807, 2.05) is 0 Å². The Balaban J connectivity index is 1.64. The first-order valence-electron chi connectivity index (χ1n) is 6.41. The topological polar surface area (TPSA) is 21.7 Å². The first-order chi connectivity index (χ1) is 7.43. The molecule has 2 bridgehead atoms. The van der Waals surface area contributed by atoms with Crippen molar-refractivity contribution in [2.45, 2.75) is 50.4 Å². The molecule has 0 aromatic rings. The van der Waals surface area contributed by atoms with E-state index in [-0.39, 0.29) is 0 Å². The molecule has 3 rings (SSSR count). The van der Waals surface area contributed by atoms with Gasteiger partial charge in [0.25, 0.3) is 0 Å². The van der Waals surface area contributed by atoms with Crippen LogP contribution in [0.4, 0.5) is 0 Å². The lowest BCUT2D eigenvalue weighted by atomic mass is 9.87. The van der Waals surface area contributed by atoms with Crippen molar-refractivity contribution in [3.8, 4) is 0 Å². The van der Waals surface area contributed by atoms with Gasteiger partial charge in [0.2, 0.25) is 0 Å². The van der Waals surface area contributed by atoms with Gasteiger partial charge in [0.05, 0.1) is 25.4 Å². The van der Waals surface area contributed by atoms with E-state index < -0.39 is 0 Å². The van der Waals surface area contributed by atoms with E-state index in [2.05, 4.69) is 4.90 Å². The molecule has 3 heterocycles. The van der Waals surface area contributed by atoms with Crippen LogP contribution in [-0.2, 0) is 9.47 Å². The molecule has 0 aliphatic carbocycles. The van der Waals surface area contributed by atoms with Crippen LogP contribution in [-0.4, -0.2) is 49.5 Å². The molecular weight excluding hydrogens is 190 g/mol. The van der Waals surface area contributed by atoms with Crippen molar-refractivity contribution in [1.29, 1.82) is 0 Å². The maximum absolute atomic E-state index is 6.11. The van der Waals surface area contributed by atoms with Crippen molar-refractivity contribution in [1.82, 2.24) is 4.90 Å². The third kappa shape index (κ3) is 2.05. The van der Waals surface area contributed by atoms with E-state index in [9.17, 15) is 0 Å². The van der Waals surface area contributed by atoms with Crippen molar-refractivity contribution in [2.24, 2.45) is 0 Å². The third-order valence-corrected chi connectivity index (χ3v) is 4.11. The highest BCUT2D eigenvalue weighted by Gasteiger charge is 2.37. The Hall–Kier alpha value is -0.120. The van der Waals surface area contributed by atoms with Gasteiger partial charge >= 0.3 is 0 Å². The van der Waals surface area contributed by atoms with E-state index in [1.54, 1.807) is 0 Å². The Bertz CT molecular complexity index is 211. The summed E-state index contributed by atoms with van der Waals surface area (Å²) in [5.41, 5.74) is 0. The average Bonchev–Trinajstić information content (AvgIpc) is 2.31. The number of nitrogens with zero attached hydrogens (tertiary/aromatic N) is 1. The van der Waals surface area contributed by atoms with Crippen molar-refractivity contribution < 1.29 is 9.47 Å². The predicted molar refractivity (Wildman–Crippen MR) is 57.9 cm³/mol. The highest BCUT2D eigenvalue weighted by Crippen LogP contribution is 2.33. The van der Waals surface area contributed by atoms with E-state index >= 15 is 0 Å². The van der Waals surface area contributed by atoms with Gasteiger partial charge in [0.15, 0.2) is 0 Å². The van der Waals surface area contributed by atoms with Gasteiger partial charge in [-0.2, -0.15) is 0 Å². The lowest BCUT2D eigenvalue weighted by Gasteiger charge is -2.46. The van der Waals surface area contributed by atoms with Gasteiger partial charge < -0.3 is 9.47 Å². The van der Waals surface area contributed by atoms with Crippen LogP contribution in [0.3, 0.4) is 0 Å². The maximum atomic E-state index is 6.11. The number of hydrogen-bond acceptors (Lipinski definition) is 3. The van der Waals surface area contributed by atoms with Crippen LogP contribution >= 0.6 is 0 Å². The Morgan fingerprint density at radius 2 is 1.80 bits per heavy atom. The molecule has 15 heavy (non-hydrogen) atoms. The van der Waals surface area contributed by atoms with Gasteiger partial charge in [0.1, 0.15) is 0 Å². The van der Waals surface area contributed by atoms with Crippen molar-refractivity contribution in [2.75, 3.05) is 26.3 Å². The minimum absolute atomic E-state index is 0.524. The van der Waals surface area contributed by atoms with Crippen molar-refractivity contribution in [3.63, 3.8) is 0 Å². The molecule has 3 atom stereocenters. The highest BCUT2D eigenvalue weighted by molar-refractivity contribution is 4.89. The monoisotopic (exact) mass is 211 g/mol. The summed E-state index contributed by atoms with van der Waals surface area (Å²) in [5, 5.41) is 0. The molecular formula is C12H21NO2. The van der Waals surface area contributed by atoms with Crippen LogP contribution in [0.2, 0.25) is 0 Å². The van der Waals surface area contributed by atoms with Crippen LogP contribution in [0, 0.1) is 0 Å². The minimum Gasteiger partial charge on any atom is -0.379 e. The molecule has 0 saturated carbocycles. The summed E-state index contributed by atoms with van der Waals surface area (Å²) in [4.78, 5) is 2.59. The fraction of sp³-hybridized carbons (Fsp3) is 1.00. The summed E-state index contributed by atoms with van der Waals surface area (Å²) in [6, 6.07) is 0.686. The van der Waals surface area contributed by atoms with Crippen LogP contribution in [0.25, 0.3) is 0 Å². The van der Waals surface area contributed by atoms with E-state index in [0.717, 1.165) is 26.3 Å². The summed E-state index contributed by atoms with van der Waals surface area (Å²) >= 11 is 0. The zero-order valence-electron chi connectivity index (χ0n) is 9.36. The van der Waals surface area contributed by atoms with Crippen molar-refractivity contribution in [3.05, 3.63) is 0 Å². The van der Waals surface area contributed by atoms with Gasteiger partial charge in [0, 0.05) is 19.1 Å². The highest BCUT2D eigenvalue weighted by atomic mass is 16.5. The molecule has 0 N–H and O–H groups in total. The second kappa shape index (κ2) is 4.40. The molecule has 3 aliphatic rings. The van der Waals surface area contributed by atoms with Gasteiger partial charge in [-0.15, -0.1) is 0 Å². The summed E-state index contributed by atoms with van der Waals surface area (Å²) in [6.45, 7) is 4.03. The number of rotatable bonds is 1. The Morgan fingerprint density at radius 3 is 2.67 bits per heavy atom. The standard InChI is InChI=1S/C12H21NO2/c1-2-10-4-5-11(12(3-1)15-10)13-6-8-14-9-7-13/h10-12H,1-9H2. The largest absolute Gasteiger partial charge is 0.379 e. The summed E-state index contributed by atoms with van der Waals surface area (Å²) in [7, 11) is 0. The quantitative estimate of drug-likeness (QED) is 0.654. The maximum Gasteiger partial charge on any atom is 0.0734 e. The van der Waals surface area contributed by atoms with Crippen LogP contribution < -0.4 is 0 Å². The minimum atomic E-state index is 0.524. The molecule has 0 aromatic carbocycles. The summed E-state index contributed by atoms with van der Waals surface area (Å²) in [6.07, 6.45) is 7.67. The predicted octanol–water partition coefficient (Wildman–Crippen LogP) is 1.42. The summed E-state index contributed by atoms with van der Waals surface area (Å²) < 4.78 is 11.5. The Kier molecular flexibility index (Phi) is 2.95. The van der Waals surface area contributed by atoms with E-state index in [0.29, 0.717) is 18.2 Å². The van der Waals surface area contributed by atoms with Gasteiger partial charge in [-0.3, -0.25) is 4.90 Å². The zero-order chi connectivity index (χ0) is 10.1. The summed E-state index contributed by atoms with van der Waals surface area (Å²) in [5.74, 6) is 0. The zero-order valence-corrected chi connectivity index (χ0v) is 9.36. The lowest BCUT2D eigenvalue weighted by Crippen LogP contribution is -2.54. The number of ether oxygens (including phenoxy) is 2. The second-order valence-corrected chi connectivity index (χ2v) is 5.02. The average molecular weight is 211 g/mol. The lowest BCUT2D eigenvalue weighted by molar-refractivity contribution is -0.135. The SMILES string of the molecule is C1CC2CCC(N3CCOCC3)C(C1)O2.